The van der Waals surface area contributed by atoms with Gasteiger partial charge in [-0.25, -0.2) is 0 Å². The Kier molecular flexibility index (Phi) is 37.6. The summed E-state index contributed by atoms with van der Waals surface area (Å²) >= 11 is 0. The van der Waals surface area contributed by atoms with Crippen LogP contribution in [0.5, 0.6) is 0 Å². The van der Waals surface area contributed by atoms with Gasteiger partial charge >= 0.3 is 0 Å². The van der Waals surface area contributed by atoms with Gasteiger partial charge in [-0.3, -0.25) is 4.79 Å². The molecular formula is C46H91NO9. The molecule has 1 fully saturated rings. The molecule has 1 saturated heterocycles. The van der Waals surface area contributed by atoms with Gasteiger partial charge in [-0.2, -0.15) is 0 Å². The number of ether oxygens (including phenoxy) is 5. The van der Waals surface area contributed by atoms with Gasteiger partial charge in [-0.05, 0) is 18.8 Å². The maximum absolute atomic E-state index is 11.6. The zero-order valence-corrected chi connectivity index (χ0v) is 36.7. The third-order valence-electron chi connectivity index (χ3n) is 11.3. The van der Waals surface area contributed by atoms with E-state index in [2.05, 4.69) is 19.2 Å². The van der Waals surface area contributed by atoms with Gasteiger partial charge in [0.1, 0.15) is 24.4 Å². The molecule has 0 aliphatic carbocycles. The van der Waals surface area contributed by atoms with Gasteiger partial charge in [0.15, 0.2) is 6.29 Å². The van der Waals surface area contributed by atoms with Crippen molar-refractivity contribution in [1.29, 1.82) is 0 Å². The monoisotopic (exact) mass is 802 g/mol. The molecule has 1 amide bonds. The molecule has 0 aromatic carbocycles. The minimum Gasteiger partial charge on any atom is -0.394 e. The van der Waals surface area contributed by atoms with E-state index in [4.69, 9.17) is 23.7 Å². The average Bonchev–Trinajstić information content (AvgIpc) is 3.19. The molecular weight excluding hydrogens is 711 g/mol. The lowest BCUT2D eigenvalue weighted by Gasteiger charge is -2.42. The Morgan fingerprint density at radius 2 is 0.929 bits per heavy atom. The average molecular weight is 802 g/mol. The Hall–Kier alpha value is -0.850. The maximum Gasteiger partial charge on any atom is 0.217 e. The summed E-state index contributed by atoms with van der Waals surface area (Å²) in [4.78, 5) is 11.6. The molecule has 1 unspecified atom stereocenters. The van der Waals surface area contributed by atoms with Gasteiger partial charge in [0, 0.05) is 13.5 Å². The number of aliphatic hydroxyl groups is 3. The zero-order chi connectivity index (χ0) is 40.7. The molecule has 1 aliphatic heterocycles. The topological polar surface area (TPSA) is 136 Å². The van der Waals surface area contributed by atoms with Crippen LogP contribution in [0.15, 0.2) is 0 Å². The van der Waals surface area contributed by atoms with Gasteiger partial charge in [-0.1, -0.05) is 181 Å². The highest BCUT2D eigenvalue weighted by atomic mass is 16.7. The summed E-state index contributed by atoms with van der Waals surface area (Å²) in [6, 6.07) is -0.961. The predicted molar refractivity (Wildman–Crippen MR) is 228 cm³/mol. The van der Waals surface area contributed by atoms with Crippen molar-refractivity contribution in [2.75, 3.05) is 52.9 Å². The molecule has 0 aromatic rings. The Labute approximate surface area is 344 Å². The minimum absolute atomic E-state index is 0.144. The van der Waals surface area contributed by atoms with Gasteiger partial charge in [0.25, 0.3) is 0 Å². The van der Waals surface area contributed by atoms with Gasteiger partial charge in [0.05, 0.1) is 46.2 Å². The van der Waals surface area contributed by atoms with Crippen LogP contribution in [0, 0.1) is 5.92 Å². The number of unbranched alkanes of at least 4 members (excludes halogenated alkanes) is 24. The normalized spacial score (nSPS) is 20.4. The van der Waals surface area contributed by atoms with Crippen LogP contribution < -0.4 is 5.32 Å². The van der Waals surface area contributed by atoms with Crippen molar-refractivity contribution in [3.63, 3.8) is 0 Å². The van der Waals surface area contributed by atoms with Crippen molar-refractivity contribution in [2.45, 2.75) is 231 Å². The summed E-state index contributed by atoms with van der Waals surface area (Å²) in [5.41, 5.74) is 0. The number of hydrogen-bond donors (Lipinski definition) is 4. The molecule has 0 bridgehead atoms. The summed E-state index contributed by atoms with van der Waals surface area (Å²) in [7, 11) is 0. The molecule has 56 heavy (non-hydrogen) atoms. The minimum atomic E-state index is -1.34. The van der Waals surface area contributed by atoms with Gasteiger partial charge < -0.3 is 44.3 Å². The van der Waals surface area contributed by atoms with Crippen molar-refractivity contribution >= 4 is 5.91 Å². The summed E-state index contributed by atoms with van der Waals surface area (Å²) in [6.07, 6.45) is 34.0. The lowest BCUT2D eigenvalue weighted by Crippen LogP contribution is -2.64. The number of carbonyl (C=O) groups excluding carboxylic acids is 1. The van der Waals surface area contributed by atoms with Crippen LogP contribution in [0.4, 0.5) is 0 Å². The van der Waals surface area contributed by atoms with E-state index in [-0.39, 0.29) is 13.2 Å². The van der Waals surface area contributed by atoms with E-state index < -0.39 is 43.2 Å². The molecule has 4 N–H and O–H groups in total. The zero-order valence-electron chi connectivity index (χ0n) is 36.7. The Morgan fingerprint density at radius 1 is 0.554 bits per heavy atom. The highest BCUT2D eigenvalue weighted by Crippen LogP contribution is 2.23. The smallest absolute Gasteiger partial charge is 0.217 e. The first-order valence-electron chi connectivity index (χ1n) is 23.7. The quantitative estimate of drug-likeness (QED) is 0.0445. The second kappa shape index (κ2) is 39.6. The number of aliphatic hydroxyl groups excluding tert-OH is 3. The first-order chi connectivity index (χ1) is 27.4. The number of amides is 1. The third kappa shape index (κ3) is 30.2. The van der Waals surface area contributed by atoms with Crippen molar-refractivity contribution in [3.05, 3.63) is 0 Å². The van der Waals surface area contributed by atoms with Crippen LogP contribution in [0.3, 0.4) is 0 Å². The van der Waals surface area contributed by atoms with Crippen LogP contribution in [0.25, 0.3) is 0 Å². The van der Waals surface area contributed by atoms with E-state index in [1.807, 2.05) is 0 Å². The Morgan fingerprint density at radius 3 is 1.32 bits per heavy atom. The van der Waals surface area contributed by atoms with E-state index in [0.29, 0.717) is 32.3 Å². The molecule has 0 radical (unpaired) electrons. The molecule has 0 aromatic heterocycles. The summed E-state index contributed by atoms with van der Waals surface area (Å²) in [5.74, 6) is 0.243. The van der Waals surface area contributed by atoms with Crippen LogP contribution in [0.2, 0.25) is 0 Å². The van der Waals surface area contributed by atoms with Crippen molar-refractivity contribution in [2.24, 2.45) is 5.92 Å². The first-order valence-corrected chi connectivity index (χ1v) is 23.7. The highest BCUT2D eigenvalue weighted by Gasteiger charge is 2.45. The van der Waals surface area contributed by atoms with Crippen LogP contribution in [-0.2, 0) is 28.5 Å². The standard InChI is InChI=1S/C46H91NO9/c1-4-6-8-10-12-14-16-18-19-21-23-25-27-29-31-41(30-28-26-24-22-20-17-15-13-11-9-7-5-2)39-54-35-34-52-32-33-53-36-37-55-46-43(47-40(3)49)45(51)44(50)42(38-48)56-46/h41-46,48,50-51H,4-39H2,1-3H3,(H,47,49)/t41?,42-,43-,44-,45-,46-/m1/s1. The van der Waals surface area contributed by atoms with E-state index in [1.54, 1.807) is 0 Å². The maximum atomic E-state index is 11.6. The van der Waals surface area contributed by atoms with E-state index in [0.717, 1.165) is 6.61 Å². The number of nitrogens with one attached hydrogen (secondary N) is 1. The number of rotatable bonds is 42. The summed E-state index contributed by atoms with van der Waals surface area (Å²) < 4.78 is 28.7. The van der Waals surface area contributed by atoms with Crippen LogP contribution in [0.1, 0.15) is 201 Å². The largest absolute Gasteiger partial charge is 0.394 e. The van der Waals surface area contributed by atoms with Crippen molar-refractivity contribution in [1.82, 2.24) is 5.32 Å². The second-order valence-corrected chi connectivity index (χ2v) is 16.5. The lowest BCUT2D eigenvalue weighted by atomic mass is 9.94. The van der Waals surface area contributed by atoms with E-state index >= 15 is 0 Å². The highest BCUT2D eigenvalue weighted by molar-refractivity contribution is 5.73. The molecule has 1 aliphatic rings. The van der Waals surface area contributed by atoms with E-state index in [1.165, 1.54) is 187 Å². The Balaban J connectivity index is 2.20. The fraction of sp³-hybridized carbons (Fsp3) is 0.978. The molecule has 0 spiro atoms. The second-order valence-electron chi connectivity index (χ2n) is 16.5. The molecule has 334 valence electrons. The van der Waals surface area contributed by atoms with E-state index in [9.17, 15) is 20.1 Å². The van der Waals surface area contributed by atoms with Gasteiger partial charge in [0.2, 0.25) is 5.91 Å². The molecule has 10 nitrogen and oxygen atoms in total. The first kappa shape index (κ1) is 53.2. The molecule has 1 heterocycles. The lowest BCUT2D eigenvalue weighted by molar-refractivity contribution is -0.272. The predicted octanol–water partition coefficient (Wildman–Crippen LogP) is 9.58. The summed E-state index contributed by atoms with van der Waals surface area (Å²) in [6.45, 7) is 8.57. The van der Waals surface area contributed by atoms with Gasteiger partial charge in [-0.15, -0.1) is 0 Å². The number of hydrogen-bond acceptors (Lipinski definition) is 9. The fourth-order valence-electron chi connectivity index (χ4n) is 7.74. The third-order valence-corrected chi connectivity index (χ3v) is 11.3. The number of carbonyl (C=O) groups is 1. The molecule has 1 rings (SSSR count). The summed E-state index contributed by atoms with van der Waals surface area (Å²) in [5, 5.41) is 32.5. The molecule has 0 saturated carbocycles. The van der Waals surface area contributed by atoms with Crippen LogP contribution >= 0.6 is 0 Å². The van der Waals surface area contributed by atoms with Crippen LogP contribution in [-0.4, -0.2) is 105 Å². The fourth-order valence-corrected chi connectivity index (χ4v) is 7.74. The van der Waals surface area contributed by atoms with Crippen molar-refractivity contribution < 1.29 is 43.8 Å². The molecule has 6 atom stereocenters. The van der Waals surface area contributed by atoms with Crippen molar-refractivity contribution in [3.8, 4) is 0 Å². The molecule has 10 heteroatoms. The SMILES string of the molecule is CCCCCCCCCCCCCCCCC(CCCCCCCCCCCCCC)COCCOCCOCCO[C@@H]1O[C@H](CO)[C@@H](O)[C@H](O)[C@H]1NC(C)=O. The Bertz CT molecular complexity index is 836.